The van der Waals surface area contributed by atoms with E-state index < -0.39 is 68.6 Å². The molecule has 0 aromatic rings. The SMILES string of the molecule is COC1OC(CO)C(OC)C(O)C1NC[PH](CO)(CO)CNC1C(OC)OC(CO)C(OC)C1O. The van der Waals surface area contributed by atoms with E-state index in [4.69, 9.17) is 28.4 Å². The maximum absolute atomic E-state index is 10.8. The number of methoxy groups -OCH3 is 4. The van der Waals surface area contributed by atoms with Crippen molar-refractivity contribution in [3.05, 3.63) is 0 Å². The topological polar surface area (TPSA) is 201 Å². The first-order valence-electron chi connectivity index (χ1n) is 11.5. The summed E-state index contributed by atoms with van der Waals surface area (Å²) in [5.74, 6) is 0. The summed E-state index contributed by atoms with van der Waals surface area (Å²) in [5, 5.41) is 67.5. The molecular weight excluding hydrogens is 491 g/mol. The van der Waals surface area contributed by atoms with E-state index in [1.165, 1.54) is 28.4 Å². The van der Waals surface area contributed by atoms with Gasteiger partial charge in [-0.05, 0) is 0 Å². The summed E-state index contributed by atoms with van der Waals surface area (Å²) in [6.07, 6.45) is -7.55. The molecule has 8 N–H and O–H groups in total. The van der Waals surface area contributed by atoms with E-state index in [9.17, 15) is 30.6 Å². The van der Waals surface area contributed by atoms with E-state index >= 15 is 0 Å². The molecule has 15 heteroatoms. The summed E-state index contributed by atoms with van der Waals surface area (Å²) < 4.78 is 32.7. The third-order valence-electron chi connectivity index (χ3n) is 6.81. The van der Waals surface area contributed by atoms with Crippen LogP contribution in [-0.2, 0) is 28.4 Å². The number of nitrogens with one attached hydrogen (secondary N) is 2. The minimum atomic E-state index is -2.91. The van der Waals surface area contributed by atoms with Crippen LogP contribution in [0.3, 0.4) is 0 Å². The van der Waals surface area contributed by atoms with E-state index in [0.29, 0.717) is 0 Å². The average molecular weight is 535 g/mol. The monoisotopic (exact) mass is 534 g/mol. The number of hydrogen-bond acceptors (Lipinski definition) is 14. The molecule has 0 aromatic carbocycles. The number of aliphatic hydroxyl groups excluding tert-OH is 6. The van der Waals surface area contributed by atoms with Crippen LogP contribution in [0.25, 0.3) is 0 Å². The van der Waals surface area contributed by atoms with Crippen LogP contribution in [0.5, 0.6) is 0 Å². The van der Waals surface area contributed by atoms with Crippen LogP contribution in [0.15, 0.2) is 0 Å². The Labute approximate surface area is 205 Å². The molecule has 35 heavy (non-hydrogen) atoms. The molecule has 2 aliphatic heterocycles. The molecule has 210 valence electrons. The fourth-order valence-corrected chi connectivity index (χ4v) is 6.57. The zero-order valence-corrected chi connectivity index (χ0v) is 21.6. The summed E-state index contributed by atoms with van der Waals surface area (Å²) in [7, 11) is 2.69. The van der Waals surface area contributed by atoms with Crippen molar-refractivity contribution in [2.75, 3.05) is 66.9 Å². The fourth-order valence-electron chi connectivity index (χ4n) is 4.56. The first-order chi connectivity index (χ1) is 16.8. The van der Waals surface area contributed by atoms with Gasteiger partial charge in [0, 0.05) is 0 Å². The zero-order valence-electron chi connectivity index (χ0n) is 20.6. The molecule has 0 aromatic heterocycles. The van der Waals surface area contributed by atoms with Gasteiger partial charge in [-0.25, -0.2) is 0 Å². The summed E-state index contributed by atoms with van der Waals surface area (Å²) in [6.45, 7) is -0.742. The second-order valence-electron chi connectivity index (χ2n) is 8.93. The van der Waals surface area contributed by atoms with Gasteiger partial charge >= 0.3 is 205 Å². The van der Waals surface area contributed by atoms with Crippen molar-refractivity contribution in [2.24, 2.45) is 0 Å². The van der Waals surface area contributed by atoms with Crippen molar-refractivity contribution >= 4 is 7.26 Å². The average Bonchev–Trinajstić information content (AvgIpc) is 2.89. The maximum atomic E-state index is 10.8. The Hall–Kier alpha value is -0.130. The van der Waals surface area contributed by atoms with Crippen molar-refractivity contribution in [1.82, 2.24) is 10.6 Å². The normalized spacial score (nSPS) is 39.0. The van der Waals surface area contributed by atoms with Crippen molar-refractivity contribution in [3.8, 4) is 0 Å². The second-order valence-corrected chi connectivity index (χ2v) is 13.3. The van der Waals surface area contributed by atoms with Gasteiger partial charge in [0.1, 0.15) is 0 Å². The number of hydrogen-bond donors (Lipinski definition) is 8. The Morgan fingerprint density at radius 3 is 1.29 bits per heavy atom. The summed E-state index contributed by atoms with van der Waals surface area (Å²) in [6, 6.07) is -1.53. The Morgan fingerprint density at radius 2 is 1.03 bits per heavy atom. The summed E-state index contributed by atoms with van der Waals surface area (Å²) in [5.41, 5.74) is 0. The molecule has 0 amide bonds. The molecule has 2 rings (SSSR count). The molecule has 10 unspecified atom stereocenters. The predicted molar refractivity (Wildman–Crippen MR) is 125 cm³/mol. The van der Waals surface area contributed by atoms with Crippen molar-refractivity contribution < 1.29 is 59.1 Å². The van der Waals surface area contributed by atoms with Crippen LogP contribution in [0, 0.1) is 0 Å². The van der Waals surface area contributed by atoms with Gasteiger partial charge in [-0.15, -0.1) is 0 Å². The standard InChI is InChI=1S/C20H43N2O12P/c1-29-17-11(5-23)33-19(31-3)13(15(17)27)21-7-35(9-25,10-26)8-22-14-16(28)18(30-2)12(6-24)34-20(14)32-4/h11-28,35H,5-10H2,1-4H3. The van der Waals surface area contributed by atoms with Gasteiger partial charge in [0.25, 0.3) is 0 Å². The molecule has 2 saturated heterocycles. The van der Waals surface area contributed by atoms with Crippen molar-refractivity contribution in [2.45, 2.75) is 61.3 Å². The van der Waals surface area contributed by atoms with Gasteiger partial charge in [0.2, 0.25) is 0 Å². The number of ether oxygens (including phenoxy) is 6. The minimum absolute atomic E-state index is 0.145. The van der Waals surface area contributed by atoms with E-state index in [-0.39, 0.29) is 38.5 Å². The van der Waals surface area contributed by atoms with E-state index in [1.807, 2.05) is 0 Å². The van der Waals surface area contributed by atoms with Crippen LogP contribution >= 0.6 is 7.26 Å². The molecule has 0 aliphatic carbocycles. The number of aliphatic hydroxyl groups is 6. The van der Waals surface area contributed by atoms with Gasteiger partial charge in [0.15, 0.2) is 0 Å². The Kier molecular flexibility index (Phi) is 13.1. The van der Waals surface area contributed by atoms with Gasteiger partial charge in [-0.2, -0.15) is 0 Å². The molecule has 2 heterocycles. The molecule has 0 radical (unpaired) electrons. The number of rotatable bonds is 14. The van der Waals surface area contributed by atoms with Gasteiger partial charge in [0.05, 0.1) is 0 Å². The van der Waals surface area contributed by atoms with Crippen molar-refractivity contribution in [1.29, 1.82) is 0 Å². The van der Waals surface area contributed by atoms with Gasteiger partial charge in [-0.3, -0.25) is 0 Å². The van der Waals surface area contributed by atoms with Crippen LogP contribution in [-0.4, -0.2) is 159 Å². The van der Waals surface area contributed by atoms with Crippen LogP contribution in [0.2, 0.25) is 0 Å². The summed E-state index contributed by atoms with van der Waals surface area (Å²) >= 11 is 0. The molecular formula is C20H43N2O12P. The summed E-state index contributed by atoms with van der Waals surface area (Å²) in [4.78, 5) is 0. The molecule has 14 nitrogen and oxygen atoms in total. The van der Waals surface area contributed by atoms with Gasteiger partial charge in [-0.1, -0.05) is 0 Å². The third-order valence-corrected chi connectivity index (χ3v) is 10.1. The van der Waals surface area contributed by atoms with Gasteiger partial charge < -0.3 is 0 Å². The molecule has 2 fully saturated rings. The fraction of sp³-hybridized carbons (Fsp3) is 1.00. The van der Waals surface area contributed by atoms with Crippen molar-refractivity contribution in [3.63, 3.8) is 0 Å². The zero-order chi connectivity index (χ0) is 26.2. The van der Waals surface area contributed by atoms with Crippen LogP contribution < -0.4 is 10.6 Å². The third kappa shape index (κ3) is 7.05. The molecule has 10 atom stereocenters. The van der Waals surface area contributed by atoms with Crippen LogP contribution in [0.1, 0.15) is 0 Å². The first-order valence-corrected chi connectivity index (χ1v) is 14.3. The van der Waals surface area contributed by atoms with E-state index in [1.54, 1.807) is 0 Å². The van der Waals surface area contributed by atoms with E-state index in [0.717, 1.165) is 0 Å². The molecule has 2 aliphatic rings. The second kappa shape index (κ2) is 14.7. The van der Waals surface area contributed by atoms with Crippen LogP contribution in [0.4, 0.5) is 0 Å². The van der Waals surface area contributed by atoms with E-state index in [2.05, 4.69) is 10.6 Å². The molecule has 0 bridgehead atoms. The molecule has 0 spiro atoms. The first kappa shape index (κ1) is 31.1. The quantitative estimate of drug-likeness (QED) is 0.100. The Bertz CT molecular complexity index is 560. The Morgan fingerprint density at radius 1 is 0.657 bits per heavy atom. The predicted octanol–water partition coefficient (Wildman–Crippen LogP) is -4.05. The molecule has 0 saturated carbocycles. The Balaban J connectivity index is 2.11.